The molecule has 1 atom stereocenters. The van der Waals surface area contributed by atoms with Gasteiger partial charge in [-0.05, 0) is 19.3 Å². The molecule has 0 aromatic heterocycles. The summed E-state index contributed by atoms with van der Waals surface area (Å²) in [6.07, 6.45) is 2.32. The van der Waals surface area contributed by atoms with E-state index in [0.29, 0.717) is 5.92 Å². The van der Waals surface area contributed by atoms with Gasteiger partial charge in [0.25, 0.3) is 0 Å². The number of nitrogens with two attached hydrogens (primary N) is 1. The zero-order valence-corrected chi connectivity index (χ0v) is 7.07. The summed E-state index contributed by atoms with van der Waals surface area (Å²) in [7, 11) is 0. The minimum absolute atomic E-state index is 0.0503. The van der Waals surface area contributed by atoms with Crippen molar-refractivity contribution in [3.63, 3.8) is 0 Å². The van der Waals surface area contributed by atoms with Crippen molar-refractivity contribution < 1.29 is 0 Å². The zero-order chi connectivity index (χ0) is 7.49. The molecule has 0 spiro atoms. The molecule has 1 nitrogen and oxygen atoms in total. The molecule has 9 heavy (non-hydrogen) atoms. The van der Waals surface area contributed by atoms with Crippen molar-refractivity contribution in [2.24, 2.45) is 11.7 Å². The molecular weight excluding hydrogens is 110 g/mol. The Hall–Kier alpha value is -0.0400. The molecule has 0 rings (SSSR count). The highest BCUT2D eigenvalue weighted by Crippen LogP contribution is 2.18. The lowest BCUT2D eigenvalue weighted by atomic mass is 9.86. The largest absolute Gasteiger partial charge is 0.325 e. The predicted octanol–water partition coefficient (Wildman–Crippen LogP) is 2.16. The van der Waals surface area contributed by atoms with Crippen LogP contribution < -0.4 is 5.73 Å². The molecule has 56 valence electrons. The second kappa shape index (κ2) is 3.21. The van der Waals surface area contributed by atoms with Crippen molar-refractivity contribution in [1.82, 2.24) is 0 Å². The van der Waals surface area contributed by atoms with Gasteiger partial charge in [0.05, 0.1) is 0 Å². The second-order valence-electron chi connectivity index (χ2n) is 3.41. The molecule has 0 aliphatic rings. The molecule has 0 fully saturated rings. The first kappa shape index (κ1) is 8.96. The first-order chi connectivity index (χ1) is 4.00. The van der Waals surface area contributed by atoms with Gasteiger partial charge < -0.3 is 5.73 Å². The van der Waals surface area contributed by atoms with Crippen LogP contribution in [0.25, 0.3) is 0 Å². The Bertz CT molecular complexity index is 74.6. The molecule has 0 amide bonds. The molecule has 0 saturated carbocycles. The average Bonchev–Trinajstić information content (AvgIpc) is 1.65. The second-order valence-corrected chi connectivity index (χ2v) is 3.41. The van der Waals surface area contributed by atoms with Crippen molar-refractivity contribution in [3.8, 4) is 0 Å². The van der Waals surface area contributed by atoms with Gasteiger partial charge >= 0.3 is 0 Å². The van der Waals surface area contributed by atoms with Crippen LogP contribution >= 0.6 is 0 Å². The van der Waals surface area contributed by atoms with E-state index in [2.05, 4.69) is 27.7 Å². The van der Waals surface area contributed by atoms with E-state index >= 15 is 0 Å². The van der Waals surface area contributed by atoms with Crippen LogP contribution in [0.1, 0.15) is 40.5 Å². The summed E-state index contributed by atoms with van der Waals surface area (Å²) in [6, 6.07) is 0. The number of hydrogen-bond acceptors (Lipinski definition) is 1. The van der Waals surface area contributed by atoms with Gasteiger partial charge in [-0.15, -0.1) is 0 Å². The number of rotatable bonds is 3. The molecule has 0 bridgehead atoms. The van der Waals surface area contributed by atoms with Gasteiger partial charge in [0, 0.05) is 5.54 Å². The maximum absolute atomic E-state index is 5.97. The molecule has 1 heteroatoms. The standard InChI is InChI=1S/C8H19N/c1-5-6-8(4,9)7(2)3/h7H,5-6,9H2,1-4H3. The highest BCUT2D eigenvalue weighted by Gasteiger charge is 2.20. The Labute approximate surface area is 58.6 Å². The van der Waals surface area contributed by atoms with Gasteiger partial charge in [-0.2, -0.15) is 0 Å². The molecule has 0 aliphatic carbocycles. The van der Waals surface area contributed by atoms with Crippen molar-refractivity contribution >= 4 is 0 Å². The van der Waals surface area contributed by atoms with Crippen LogP contribution in [0.15, 0.2) is 0 Å². The summed E-state index contributed by atoms with van der Waals surface area (Å²) >= 11 is 0. The van der Waals surface area contributed by atoms with E-state index in [4.69, 9.17) is 5.73 Å². The fourth-order valence-electron chi connectivity index (χ4n) is 0.827. The van der Waals surface area contributed by atoms with E-state index in [1.165, 1.54) is 6.42 Å². The van der Waals surface area contributed by atoms with E-state index in [0.717, 1.165) is 6.42 Å². The van der Waals surface area contributed by atoms with Gasteiger partial charge in [-0.3, -0.25) is 0 Å². The lowest BCUT2D eigenvalue weighted by molar-refractivity contribution is 0.314. The van der Waals surface area contributed by atoms with Crippen LogP contribution in [0.4, 0.5) is 0 Å². The molecule has 0 saturated heterocycles. The highest BCUT2D eigenvalue weighted by molar-refractivity contribution is 4.80. The summed E-state index contributed by atoms with van der Waals surface area (Å²) in [5.41, 5.74) is 6.02. The van der Waals surface area contributed by atoms with Crippen LogP contribution in [0.5, 0.6) is 0 Å². The summed E-state index contributed by atoms with van der Waals surface area (Å²) in [6.45, 7) is 8.65. The fraction of sp³-hybridized carbons (Fsp3) is 1.00. The van der Waals surface area contributed by atoms with Gasteiger partial charge in [-0.1, -0.05) is 27.2 Å². The molecule has 0 aromatic carbocycles. The van der Waals surface area contributed by atoms with E-state index in [1.807, 2.05) is 0 Å². The van der Waals surface area contributed by atoms with E-state index in [-0.39, 0.29) is 5.54 Å². The van der Waals surface area contributed by atoms with Crippen molar-refractivity contribution in [2.45, 2.75) is 46.1 Å². The smallest absolute Gasteiger partial charge is 0.0148 e. The van der Waals surface area contributed by atoms with Crippen LogP contribution in [0.3, 0.4) is 0 Å². The highest BCUT2D eigenvalue weighted by atomic mass is 14.7. The third-order valence-electron chi connectivity index (χ3n) is 2.11. The molecule has 0 aromatic rings. The molecule has 0 heterocycles. The van der Waals surface area contributed by atoms with E-state index in [1.54, 1.807) is 0 Å². The van der Waals surface area contributed by atoms with Gasteiger partial charge in [0.15, 0.2) is 0 Å². The maximum Gasteiger partial charge on any atom is 0.0148 e. The van der Waals surface area contributed by atoms with Crippen LogP contribution in [-0.4, -0.2) is 5.54 Å². The van der Waals surface area contributed by atoms with Crippen LogP contribution in [0.2, 0.25) is 0 Å². The van der Waals surface area contributed by atoms with E-state index in [9.17, 15) is 0 Å². The first-order valence-corrected chi connectivity index (χ1v) is 3.79. The topological polar surface area (TPSA) is 26.0 Å². The van der Waals surface area contributed by atoms with Crippen molar-refractivity contribution in [3.05, 3.63) is 0 Å². The lowest BCUT2D eigenvalue weighted by Crippen LogP contribution is -2.41. The van der Waals surface area contributed by atoms with Gasteiger partial charge in [0.1, 0.15) is 0 Å². The Morgan fingerprint density at radius 1 is 1.44 bits per heavy atom. The molecule has 0 aliphatic heterocycles. The minimum atomic E-state index is 0.0503. The summed E-state index contributed by atoms with van der Waals surface area (Å²) in [5.74, 6) is 0.595. The quantitative estimate of drug-likeness (QED) is 0.621. The van der Waals surface area contributed by atoms with Crippen LogP contribution in [-0.2, 0) is 0 Å². The summed E-state index contributed by atoms with van der Waals surface area (Å²) < 4.78 is 0. The van der Waals surface area contributed by atoms with Gasteiger partial charge in [0.2, 0.25) is 0 Å². The van der Waals surface area contributed by atoms with Crippen molar-refractivity contribution in [1.29, 1.82) is 0 Å². The fourth-order valence-corrected chi connectivity index (χ4v) is 0.827. The van der Waals surface area contributed by atoms with E-state index < -0.39 is 0 Å². The SMILES string of the molecule is CCCC(C)(N)C(C)C. The number of hydrogen-bond donors (Lipinski definition) is 1. The minimum Gasteiger partial charge on any atom is -0.325 e. The van der Waals surface area contributed by atoms with Crippen LogP contribution in [0, 0.1) is 5.92 Å². The third kappa shape index (κ3) is 2.85. The lowest BCUT2D eigenvalue weighted by Gasteiger charge is -2.28. The third-order valence-corrected chi connectivity index (χ3v) is 2.11. The maximum atomic E-state index is 5.97. The first-order valence-electron chi connectivity index (χ1n) is 3.79. The Morgan fingerprint density at radius 2 is 1.89 bits per heavy atom. The Morgan fingerprint density at radius 3 is 2.00 bits per heavy atom. The normalized spacial score (nSPS) is 18.0. The monoisotopic (exact) mass is 129 g/mol. The molecule has 2 N–H and O–H groups in total. The van der Waals surface area contributed by atoms with Crippen molar-refractivity contribution in [2.75, 3.05) is 0 Å². The zero-order valence-electron chi connectivity index (χ0n) is 7.07. The van der Waals surface area contributed by atoms with Gasteiger partial charge in [-0.25, -0.2) is 0 Å². The molecular formula is C8H19N. The molecule has 1 unspecified atom stereocenters. The Balaban J connectivity index is 3.70. The average molecular weight is 129 g/mol. The summed E-state index contributed by atoms with van der Waals surface area (Å²) in [4.78, 5) is 0. The predicted molar refractivity (Wildman–Crippen MR) is 42.3 cm³/mol. The summed E-state index contributed by atoms with van der Waals surface area (Å²) in [5, 5.41) is 0. The Kier molecular flexibility index (Phi) is 3.20. The molecule has 0 radical (unpaired) electrons.